The first-order valence-electron chi connectivity index (χ1n) is 3.81. The van der Waals surface area contributed by atoms with Gasteiger partial charge in [0.15, 0.2) is 0 Å². The Balaban J connectivity index is 3.21. The average Bonchev–Trinajstić information content (AvgIpc) is 2.25. The van der Waals surface area contributed by atoms with E-state index in [9.17, 15) is 9.59 Å². The van der Waals surface area contributed by atoms with E-state index in [1.807, 2.05) is 0 Å². The summed E-state index contributed by atoms with van der Waals surface area (Å²) >= 11 is 0. The van der Waals surface area contributed by atoms with Crippen LogP contribution in [0.5, 0.6) is 0 Å². The quantitative estimate of drug-likeness (QED) is 0.591. The molecule has 0 amide bonds. The molecule has 0 spiro atoms. The largest absolute Gasteiger partial charge is 0.386 e. The molecule has 0 aromatic carbocycles. The maximum absolute atomic E-state index is 11.1. The minimum absolute atomic E-state index is 0.325. The average molecular weight is 174 g/mol. The zero-order chi connectivity index (χ0) is 9.26. The second kappa shape index (κ2) is 2.86. The lowest BCUT2D eigenvalue weighted by Crippen LogP contribution is -1.96. The minimum atomic E-state index is -0.573. The summed E-state index contributed by atoms with van der Waals surface area (Å²) in [7, 11) is 0. The maximum Gasteiger partial charge on any atom is 0.346 e. The van der Waals surface area contributed by atoms with E-state index in [4.69, 9.17) is 0 Å². The van der Waals surface area contributed by atoms with Crippen molar-refractivity contribution in [1.29, 1.82) is 0 Å². The van der Waals surface area contributed by atoms with Crippen LogP contribution in [0.25, 0.3) is 0 Å². The summed E-state index contributed by atoms with van der Waals surface area (Å²) in [5.41, 5.74) is -1.15. The molecule has 0 N–H and O–H groups in total. The molecular formula is C10H6O3. The van der Waals surface area contributed by atoms with Gasteiger partial charge in [0.1, 0.15) is 0 Å². The van der Waals surface area contributed by atoms with Crippen LogP contribution < -0.4 is 11.3 Å². The molecule has 0 atom stereocenters. The van der Waals surface area contributed by atoms with Gasteiger partial charge in [0, 0.05) is 0 Å². The molecule has 2 rings (SSSR count). The Morgan fingerprint density at radius 2 is 1.23 bits per heavy atom. The third-order valence-electron chi connectivity index (χ3n) is 1.77. The Hall–Kier alpha value is -1.90. The molecule has 3 heteroatoms. The SMILES string of the molecule is O=c1oc(=O)c2ccccccc1=2. The number of hydrogen-bond acceptors (Lipinski definition) is 3. The normalized spacial score (nSPS) is 10.2. The molecule has 1 aliphatic heterocycles. The molecule has 0 aromatic rings. The Kier molecular flexibility index (Phi) is 1.70. The lowest BCUT2D eigenvalue weighted by molar-refractivity contribution is 0.488. The van der Waals surface area contributed by atoms with Crippen molar-refractivity contribution in [3.8, 4) is 0 Å². The van der Waals surface area contributed by atoms with Crippen LogP contribution in [0.4, 0.5) is 0 Å². The third kappa shape index (κ3) is 1.24. The summed E-state index contributed by atoms with van der Waals surface area (Å²) in [5.74, 6) is 0. The second-order valence-electron chi connectivity index (χ2n) is 2.61. The number of rotatable bonds is 0. The molecule has 0 unspecified atom stereocenters. The van der Waals surface area contributed by atoms with E-state index in [1.165, 1.54) is 0 Å². The van der Waals surface area contributed by atoms with Gasteiger partial charge < -0.3 is 4.42 Å². The highest BCUT2D eigenvalue weighted by Crippen LogP contribution is 1.87. The van der Waals surface area contributed by atoms with Crippen LogP contribution in [0.2, 0.25) is 0 Å². The summed E-state index contributed by atoms with van der Waals surface area (Å²) in [6.07, 6.45) is 0. The first-order chi connectivity index (χ1) is 6.29. The fourth-order valence-electron chi connectivity index (χ4n) is 1.16. The molecule has 3 nitrogen and oxygen atoms in total. The van der Waals surface area contributed by atoms with E-state index in [0.29, 0.717) is 10.4 Å². The van der Waals surface area contributed by atoms with Crippen LogP contribution in [0.15, 0.2) is 50.4 Å². The van der Waals surface area contributed by atoms with E-state index < -0.39 is 11.3 Å². The van der Waals surface area contributed by atoms with Gasteiger partial charge in [-0.05, 0) is 12.1 Å². The molecule has 0 saturated heterocycles. The molecule has 1 aliphatic carbocycles. The predicted molar refractivity (Wildman–Crippen MR) is 46.5 cm³/mol. The van der Waals surface area contributed by atoms with Crippen molar-refractivity contribution in [3.05, 3.63) is 67.7 Å². The predicted octanol–water partition coefficient (Wildman–Crippen LogP) is 0.725. The van der Waals surface area contributed by atoms with Crippen LogP contribution >= 0.6 is 0 Å². The van der Waals surface area contributed by atoms with Crippen molar-refractivity contribution in [1.82, 2.24) is 0 Å². The highest BCUT2D eigenvalue weighted by molar-refractivity contribution is 5.08. The lowest BCUT2D eigenvalue weighted by atomic mass is 10.3. The van der Waals surface area contributed by atoms with E-state index >= 15 is 0 Å². The van der Waals surface area contributed by atoms with Crippen molar-refractivity contribution >= 4 is 0 Å². The van der Waals surface area contributed by atoms with E-state index in [-0.39, 0.29) is 0 Å². The Labute approximate surface area is 72.9 Å². The van der Waals surface area contributed by atoms with Crippen LogP contribution in [0.3, 0.4) is 0 Å². The van der Waals surface area contributed by atoms with E-state index in [2.05, 4.69) is 4.42 Å². The Morgan fingerprint density at radius 3 is 1.69 bits per heavy atom. The summed E-state index contributed by atoms with van der Waals surface area (Å²) in [4.78, 5) is 22.1. The fourth-order valence-corrected chi connectivity index (χ4v) is 1.16. The van der Waals surface area contributed by atoms with Gasteiger partial charge in [-0.1, -0.05) is 24.3 Å². The molecule has 0 bridgehead atoms. The van der Waals surface area contributed by atoms with Crippen molar-refractivity contribution in [2.45, 2.75) is 0 Å². The molecule has 0 aromatic heterocycles. The third-order valence-corrected chi connectivity index (χ3v) is 1.77. The standard InChI is InChI=1S/C10H6O3/c11-9-7-5-3-1-2-4-6-8(7)10(12)13-9/h1-6H. The molecule has 0 fully saturated rings. The topological polar surface area (TPSA) is 47.3 Å². The van der Waals surface area contributed by atoms with Gasteiger partial charge in [-0.3, -0.25) is 0 Å². The van der Waals surface area contributed by atoms with Gasteiger partial charge in [-0.2, -0.15) is 0 Å². The van der Waals surface area contributed by atoms with Gasteiger partial charge in [-0.25, -0.2) is 9.59 Å². The fraction of sp³-hybridized carbons (Fsp3) is 0. The molecule has 0 saturated carbocycles. The summed E-state index contributed by atoms with van der Waals surface area (Å²) < 4.78 is 4.44. The number of hydrogen-bond donors (Lipinski definition) is 0. The Bertz CT molecular complexity index is 545. The lowest BCUT2D eigenvalue weighted by Gasteiger charge is -1.73. The second-order valence-corrected chi connectivity index (χ2v) is 2.61. The smallest absolute Gasteiger partial charge is 0.346 e. The molecule has 0 radical (unpaired) electrons. The molecular weight excluding hydrogens is 168 g/mol. The van der Waals surface area contributed by atoms with Gasteiger partial charge in [-0.15, -0.1) is 0 Å². The van der Waals surface area contributed by atoms with Crippen LogP contribution in [-0.2, 0) is 0 Å². The molecule has 2 aliphatic rings. The van der Waals surface area contributed by atoms with Crippen LogP contribution in [0.1, 0.15) is 0 Å². The van der Waals surface area contributed by atoms with Crippen LogP contribution in [-0.4, -0.2) is 0 Å². The highest BCUT2D eigenvalue weighted by Gasteiger charge is 1.99. The zero-order valence-electron chi connectivity index (χ0n) is 6.69. The summed E-state index contributed by atoms with van der Waals surface area (Å²) in [6, 6.07) is 10.1. The maximum atomic E-state index is 11.1. The van der Waals surface area contributed by atoms with Crippen molar-refractivity contribution in [2.24, 2.45) is 0 Å². The van der Waals surface area contributed by atoms with E-state index in [1.54, 1.807) is 36.4 Å². The zero-order valence-corrected chi connectivity index (χ0v) is 6.69. The van der Waals surface area contributed by atoms with E-state index in [0.717, 1.165) is 0 Å². The van der Waals surface area contributed by atoms with Gasteiger partial charge in [0.2, 0.25) is 0 Å². The van der Waals surface area contributed by atoms with Gasteiger partial charge >= 0.3 is 11.3 Å². The first-order valence-corrected chi connectivity index (χ1v) is 3.81. The van der Waals surface area contributed by atoms with Crippen molar-refractivity contribution in [2.75, 3.05) is 0 Å². The van der Waals surface area contributed by atoms with Crippen LogP contribution in [0, 0.1) is 10.4 Å². The highest BCUT2D eigenvalue weighted by atomic mass is 16.4. The van der Waals surface area contributed by atoms with Gasteiger partial charge in [0.05, 0.1) is 10.4 Å². The molecule has 64 valence electrons. The summed E-state index contributed by atoms with van der Waals surface area (Å²) in [5, 5.41) is 0.649. The van der Waals surface area contributed by atoms with Crippen molar-refractivity contribution < 1.29 is 4.42 Å². The van der Waals surface area contributed by atoms with Gasteiger partial charge in [0.25, 0.3) is 0 Å². The Morgan fingerprint density at radius 1 is 0.769 bits per heavy atom. The first kappa shape index (κ1) is 7.73. The summed E-state index contributed by atoms with van der Waals surface area (Å²) in [6.45, 7) is 0. The minimum Gasteiger partial charge on any atom is -0.386 e. The molecule has 13 heavy (non-hydrogen) atoms. The molecule has 1 heterocycles. The monoisotopic (exact) mass is 174 g/mol. The van der Waals surface area contributed by atoms with Crippen molar-refractivity contribution in [3.63, 3.8) is 0 Å².